The monoisotopic (exact) mass is 363 g/mol. The van der Waals surface area contributed by atoms with E-state index in [1.165, 1.54) is 31.3 Å². The van der Waals surface area contributed by atoms with Crippen LogP contribution >= 0.6 is 27.5 Å². The van der Waals surface area contributed by atoms with Gasteiger partial charge in [0.1, 0.15) is 17.5 Å². The average molecular weight is 365 g/mol. The van der Waals surface area contributed by atoms with Crippen LogP contribution in [0.25, 0.3) is 0 Å². The molecule has 106 valence electrons. The molecule has 2 aromatic rings. The highest BCUT2D eigenvalue weighted by Gasteiger charge is 2.25. The Morgan fingerprint density at radius 1 is 1.10 bits per heavy atom. The van der Waals surface area contributed by atoms with Crippen LogP contribution in [0.4, 0.5) is 13.2 Å². The van der Waals surface area contributed by atoms with Gasteiger partial charge in [0.25, 0.3) is 0 Å². The van der Waals surface area contributed by atoms with Crippen LogP contribution in [0.5, 0.6) is 0 Å². The van der Waals surface area contributed by atoms with Gasteiger partial charge in [-0.25, -0.2) is 13.2 Å². The minimum atomic E-state index is -0.893. The molecule has 0 saturated carbocycles. The van der Waals surface area contributed by atoms with E-state index < -0.39 is 23.5 Å². The van der Waals surface area contributed by atoms with Gasteiger partial charge in [-0.05, 0) is 46.7 Å². The fourth-order valence-electron chi connectivity index (χ4n) is 2.01. The minimum Gasteiger partial charge on any atom is -0.309 e. The van der Waals surface area contributed by atoms with Crippen molar-refractivity contribution >= 4 is 27.5 Å². The number of halogens is 5. The molecule has 0 fully saturated rings. The van der Waals surface area contributed by atoms with Gasteiger partial charge in [-0.15, -0.1) is 0 Å². The lowest BCUT2D eigenvalue weighted by atomic mass is 9.97. The third kappa shape index (κ3) is 2.71. The third-order valence-electron chi connectivity index (χ3n) is 2.95. The van der Waals surface area contributed by atoms with Crippen LogP contribution < -0.4 is 5.32 Å². The predicted molar refractivity (Wildman–Crippen MR) is 76.4 cm³/mol. The zero-order valence-electron chi connectivity index (χ0n) is 10.4. The van der Waals surface area contributed by atoms with E-state index in [9.17, 15) is 13.2 Å². The molecule has 1 N–H and O–H groups in total. The molecule has 20 heavy (non-hydrogen) atoms. The summed E-state index contributed by atoms with van der Waals surface area (Å²) in [7, 11) is 1.52. The summed E-state index contributed by atoms with van der Waals surface area (Å²) in [4.78, 5) is 0. The summed E-state index contributed by atoms with van der Waals surface area (Å²) >= 11 is 8.90. The highest BCUT2D eigenvalue weighted by Crippen LogP contribution is 2.34. The third-order valence-corrected chi connectivity index (χ3v) is 3.96. The van der Waals surface area contributed by atoms with E-state index in [0.717, 1.165) is 6.07 Å². The molecule has 0 heterocycles. The first-order valence-corrected chi connectivity index (χ1v) is 6.89. The Hall–Kier alpha value is -1.04. The molecule has 0 aromatic heterocycles. The number of rotatable bonds is 3. The zero-order chi connectivity index (χ0) is 14.9. The summed E-state index contributed by atoms with van der Waals surface area (Å²) in [5.74, 6) is -2.12. The molecule has 2 rings (SSSR count). The summed E-state index contributed by atoms with van der Waals surface area (Å²) in [6.07, 6.45) is 0. The Balaban J connectivity index is 2.65. The maximum Gasteiger partial charge on any atom is 0.145 e. The largest absolute Gasteiger partial charge is 0.309 e. The standard InChI is InChI=1S/C14H10BrClF3N/c1-20-14(7-3-2-4-10(18)12(7)16)11-9(17)6-5-8(15)13(11)19/h2-6,14,20H,1H3. The molecule has 0 aliphatic carbocycles. The van der Waals surface area contributed by atoms with Crippen molar-refractivity contribution in [3.63, 3.8) is 0 Å². The van der Waals surface area contributed by atoms with Crippen molar-refractivity contribution in [2.24, 2.45) is 0 Å². The molecule has 1 nitrogen and oxygen atoms in total. The SMILES string of the molecule is CNC(c1cccc(F)c1Cl)c1c(F)ccc(Br)c1F. The predicted octanol–water partition coefficient (Wildman–Crippen LogP) is 4.83. The number of nitrogens with one attached hydrogen (secondary N) is 1. The molecule has 2 aromatic carbocycles. The van der Waals surface area contributed by atoms with E-state index >= 15 is 0 Å². The molecule has 0 bridgehead atoms. The summed E-state index contributed by atoms with van der Waals surface area (Å²) in [6, 6.07) is 5.66. The van der Waals surface area contributed by atoms with Crippen molar-refractivity contribution in [1.29, 1.82) is 0 Å². The second-order valence-electron chi connectivity index (χ2n) is 4.12. The summed E-state index contributed by atoms with van der Waals surface area (Å²) in [5, 5.41) is 2.60. The minimum absolute atomic E-state index is 0.127. The second-order valence-corrected chi connectivity index (χ2v) is 5.35. The van der Waals surface area contributed by atoms with E-state index in [1.807, 2.05) is 0 Å². The van der Waals surface area contributed by atoms with Crippen LogP contribution in [0.3, 0.4) is 0 Å². The Morgan fingerprint density at radius 2 is 1.80 bits per heavy atom. The highest BCUT2D eigenvalue weighted by atomic mass is 79.9. The van der Waals surface area contributed by atoms with Crippen LogP contribution in [0.1, 0.15) is 17.2 Å². The maximum absolute atomic E-state index is 14.2. The maximum atomic E-state index is 14.2. The fraction of sp³-hybridized carbons (Fsp3) is 0.143. The van der Waals surface area contributed by atoms with Gasteiger partial charge in [-0.3, -0.25) is 0 Å². The zero-order valence-corrected chi connectivity index (χ0v) is 12.7. The van der Waals surface area contributed by atoms with Crippen LogP contribution in [0.15, 0.2) is 34.8 Å². The molecule has 0 saturated heterocycles. The number of hydrogen-bond donors (Lipinski definition) is 1. The van der Waals surface area contributed by atoms with Gasteiger partial charge in [0.2, 0.25) is 0 Å². The van der Waals surface area contributed by atoms with Crippen LogP contribution in [0, 0.1) is 17.5 Å². The molecule has 0 aliphatic rings. The first-order valence-electron chi connectivity index (χ1n) is 5.72. The van der Waals surface area contributed by atoms with Crippen molar-refractivity contribution in [1.82, 2.24) is 5.32 Å². The van der Waals surface area contributed by atoms with Crippen LogP contribution in [-0.4, -0.2) is 7.05 Å². The van der Waals surface area contributed by atoms with E-state index in [1.54, 1.807) is 0 Å². The lowest BCUT2D eigenvalue weighted by molar-refractivity contribution is 0.517. The van der Waals surface area contributed by atoms with Gasteiger partial charge in [-0.1, -0.05) is 23.7 Å². The van der Waals surface area contributed by atoms with Crippen molar-refractivity contribution in [3.05, 3.63) is 68.4 Å². The molecular formula is C14H10BrClF3N. The van der Waals surface area contributed by atoms with Gasteiger partial charge in [0.15, 0.2) is 0 Å². The molecule has 0 aliphatic heterocycles. The normalized spacial score (nSPS) is 12.5. The molecule has 1 unspecified atom stereocenters. The molecule has 0 amide bonds. The summed E-state index contributed by atoms with van der Waals surface area (Å²) < 4.78 is 41.7. The molecule has 0 spiro atoms. The Kier molecular flexibility index (Phi) is 4.73. The Morgan fingerprint density at radius 3 is 2.45 bits per heavy atom. The first-order chi connectivity index (χ1) is 9.47. The van der Waals surface area contributed by atoms with E-state index in [-0.39, 0.29) is 20.6 Å². The fourth-order valence-corrected chi connectivity index (χ4v) is 2.59. The van der Waals surface area contributed by atoms with Gasteiger partial charge in [-0.2, -0.15) is 0 Å². The molecule has 0 radical (unpaired) electrons. The van der Waals surface area contributed by atoms with Crippen molar-refractivity contribution in [3.8, 4) is 0 Å². The van der Waals surface area contributed by atoms with Gasteiger partial charge in [0, 0.05) is 5.56 Å². The van der Waals surface area contributed by atoms with Gasteiger partial charge in [0.05, 0.1) is 15.5 Å². The van der Waals surface area contributed by atoms with Crippen molar-refractivity contribution in [2.75, 3.05) is 7.05 Å². The molecule has 6 heteroatoms. The van der Waals surface area contributed by atoms with Crippen molar-refractivity contribution < 1.29 is 13.2 Å². The van der Waals surface area contributed by atoms with Crippen LogP contribution in [-0.2, 0) is 0 Å². The molecule has 1 atom stereocenters. The van der Waals surface area contributed by atoms with Gasteiger partial charge < -0.3 is 5.32 Å². The van der Waals surface area contributed by atoms with E-state index in [2.05, 4.69) is 21.2 Å². The second kappa shape index (κ2) is 6.16. The topological polar surface area (TPSA) is 12.0 Å². The van der Waals surface area contributed by atoms with Crippen LogP contribution in [0.2, 0.25) is 5.02 Å². The average Bonchev–Trinajstić information content (AvgIpc) is 2.43. The Labute approximate surface area is 127 Å². The summed E-state index contributed by atoms with van der Waals surface area (Å²) in [5.41, 5.74) is 0.0550. The first kappa shape index (κ1) is 15.4. The highest BCUT2D eigenvalue weighted by molar-refractivity contribution is 9.10. The summed E-state index contributed by atoms with van der Waals surface area (Å²) in [6.45, 7) is 0. The quantitative estimate of drug-likeness (QED) is 0.769. The Bertz CT molecular complexity index is 649. The van der Waals surface area contributed by atoms with Gasteiger partial charge >= 0.3 is 0 Å². The molecular weight excluding hydrogens is 355 g/mol. The smallest absolute Gasteiger partial charge is 0.145 e. The van der Waals surface area contributed by atoms with E-state index in [0.29, 0.717) is 0 Å². The lowest BCUT2D eigenvalue weighted by Crippen LogP contribution is -2.21. The van der Waals surface area contributed by atoms with E-state index in [4.69, 9.17) is 11.6 Å². The number of hydrogen-bond acceptors (Lipinski definition) is 1. The van der Waals surface area contributed by atoms with Crippen molar-refractivity contribution in [2.45, 2.75) is 6.04 Å². The lowest BCUT2D eigenvalue weighted by Gasteiger charge is -2.20. The number of benzene rings is 2.